The van der Waals surface area contributed by atoms with Crippen LogP contribution in [0.1, 0.15) is 17.1 Å². The molecule has 4 rings (SSSR count). The number of anilines is 1. The number of aryl methyl sites for hydroxylation is 1. The van der Waals surface area contributed by atoms with E-state index in [1.807, 2.05) is 49.4 Å². The molecule has 0 spiro atoms. The third-order valence-electron chi connectivity index (χ3n) is 4.55. The van der Waals surface area contributed by atoms with Crippen LogP contribution >= 0.6 is 0 Å². The number of nitrogens with one attached hydrogen (secondary N) is 1. The summed E-state index contributed by atoms with van der Waals surface area (Å²) >= 11 is 0. The number of hydrogen-bond acceptors (Lipinski definition) is 5. The molecule has 0 radical (unpaired) electrons. The molecule has 0 saturated carbocycles. The van der Waals surface area contributed by atoms with Gasteiger partial charge in [-0.1, -0.05) is 24.3 Å². The van der Waals surface area contributed by atoms with Gasteiger partial charge in [-0.3, -0.25) is 14.3 Å². The number of aromatic nitrogens is 3. The van der Waals surface area contributed by atoms with E-state index < -0.39 is 0 Å². The number of fused-ring (bicyclic) bond motifs is 1. The third kappa shape index (κ3) is 3.10. The number of pyridine rings is 1. The van der Waals surface area contributed by atoms with E-state index in [1.54, 1.807) is 29.0 Å². The van der Waals surface area contributed by atoms with Crippen molar-refractivity contribution in [3.8, 4) is 11.8 Å². The lowest BCUT2D eigenvalue weighted by atomic mass is 10.2. The zero-order valence-corrected chi connectivity index (χ0v) is 15.3. The maximum absolute atomic E-state index is 13.3. The average molecular weight is 367 g/mol. The van der Waals surface area contributed by atoms with E-state index in [2.05, 4.69) is 16.4 Å². The summed E-state index contributed by atoms with van der Waals surface area (Å²) in [6, 6.07) is 20.3. The van der Waals surface area contributed by atoms with Crippen LogP contribution in [0.25, 0.3) is 16.6 Å². The SMILES string of the molecule is Cc1ncccc1-n1c(CNc2ccccc2C#N)nc2ccccc2c1=O. The number of nitriles is 1. The van der Waals surface area contributed by atoms with Crippen molar-refractivity contribution in [2.75, 3.05) is 5.32 Å². The second-order valence-electron chi connectivity index (χ2n) is 6.30. The van der Waals surface area contributed by atoms with Crippen LogP contribution in [0.4, 0.5) is 5.69 Å². The maximum Gasteiger partial charge on any atom is 0.266 e. The summed E-state index contributed by atoms with van der Waals surface area (Å²) in [6.45, 7) is 2.15. The van der Waals surface area contributed by atoms with Crippen molar-refractivity contribution in [1.82, 2.24) is 14.5 Å². The molecule has 4 aromatic rings. The molecule has 1 N–H and O–H groups in total. The van der Waals surface area contributed by atoms with Gasteiger partial charge in [0.15, 0.2) is 0 Å². The first-order chi connectivity index (χ1) is 13.7. The van der Waals surface area contributed by atoms with Crippen LogP contribution in [0.15, 0.2) is 71.7 Å². The predicted molar refractivity (Wildman–Crippen MR) is 108 cm³/mol. The molecule has 2 heterocycles. The Balaban J connectivity index is 1.87. The van der Waals surface area contributed by atoms with E-state index in [1.165, 1.54) is 0 Å². The van der Waals surface area contributed by atoms with Gasteiger partial charge in [0, 0.05) is 6.20 Å². The lowest BCUT2D eigenvalue weighted by Crippen LogP contribution is -2.26. The van der Waals surface area contributed by atoms with Gasteiger partial charge < -0.3 is 5.32 Å². The number of nitrogens with zero attached hydrogens (tertiary/aromatic N) is 4. The lowest BCUT2D eigenvalue weighted by molar-refractivity contribution is 0.828. The summed E-state index contributed by atoms with van der Waals surface area (Å²) in [6.07, 6.45) is 1.69. The van der Waals surface area contributed by atoms with E-state index >= 15 is 0 Å². The van der Waals surface area contributed by atoms with Gasteiger partial charge in [0.25, 0.3) is 5.56 Å². The Hall–Kier alpha value is -3.98. The largest absolute Gasteiger partial charge is 0.377 e. The Morgan fingerprint density at radius 1 is 1.07 bits per heavy atom. The van der Waals surface area contributed by atoms with Crippen molar-refractivity contribution < 1.29 is 0 Å². The van der Waals surface area contributed by atoms with Gasteiger partial charge in [0.1, 0.15) is 11.9 Å². The quantitative estimate of drug-likeness (QED) is 0.596. The topological polar surface area (TPSA) is 83.6 Å². The van der Waals surface area contributed by atoms with Crippen molar-refractivity contribution in [1.29, 1.82) is 5.26 Å². The molecule has 2 aromatic carbocycles. The number of benzene rings is 2. The number of hydrogen-bond donors (Lipinski definition) is 1. The third-order valence-corrected chi connectivity index (χ3v) is 4.55. The highest BCUT2D eigenvalue weighted by molar-refractivity contribution is 5.78. The Labute approximate surface area is 161 Å². The fraction of sp³-hybridized carbons (Fsp3) is 0.0909. The minimum Gasteiger partial charge on any atom is -0.377 e. The van der Waals surface area contributed by atoms with Gasteiger partial charge in [-0.15, -0.1) is 0 Å². The fourth-order valence-corrected chi connectivity index (χ4v) is 3.17. The van der Waals surface area contributed by atoms with Gasteiger partial charge in [-0.25, -0.2) is 4.98 Å². The molecule has 0 amide bonds. The zero-order valence-electron chi connectivity index (χ0n) is 15.3. The Kier molecular flexibility index (Phi) is 4.56. The second kappa shape index (κ2) is 7.33. The van der Waals surface area contributed by atoms with E-state index in [-0.39, 0.29) is 12.1 Å². The smallest absolute Gasteiger partial charge is 0.266 e. The van der Waals surface area contributed by atoms with Crippen molar-refractivity contribution in [3.05, 3.63) is 94.3 Å². The summed E-state index contributed by atoms with van der Waals surface area (Å²) in [5.41, 5.74) is 3.15. The van der Waals surface area contributed by atoms with E-state index in [9.17, 15) is 10.1 Å². The molecule has 136 valence electrons. The fourth-order valence-electron chi connectivity index (χ4n) is 3.17. The summed E-state index contributed by atoms with van der Waals surface area (Å²) < 4.78 is 1.59. The molecular formula is C22H17N5O. The van der Waals surface area contributed by atoms with Gasteiger partial charge >= 0.3 is 0 Å². The lowest BCUT2D eigenvalue weighted by Gasteiger charge is -2.16. The summed E-state index contributed by atoms with van der Waals surface area (Å²) in [4.78, 5) is 22.3. The van der Waals surface area contributed by atoms with Gasteiger partial charge in [0.2, 0.25) is 0 Å². The number of para-hydroxylation sites is 2. The highest BCUT2D eigenvalue weighted by atomic mass is 16.1. The van der Waals surface area contributed by atoms with Crippen LogP contribution in [0, 0.1) is 18.3 Å². The molecule has 2 aromatic heterocycles. The van der Waals surface area contributed by atoms with Crippen LogP contribution in [0.2, 0.25) is 0 Å². The van der Waals surface area contributed by atoms with Gasteiger partial charge in [-0.05, 0) is 43.3 Å². The second-order valence-corrected chi connectivity index (χ2v) is 6.30. The van der Waals surface area contributed by atoms with Crippen LogP contribution in [0.3, 0.4) is 0 Å². The molecule has 6 heteroatoms. The molecule has 0 fully saturated rings. The van der Waals surface area contributed by atoms with E-state index in [0.717, 1.165) is 5.69 Å². The van der Waals surface area contributed by atoms with Crippen molar-refractivity contribution in [2.24, 2.45) is 0 Å². The standard InChI is InChI=1S/C22H17N5O/c1-15-20(11-6-12-24-15)27-21(14-25-18-9-4-2-7-16(18)13-23)26-19-10-5-3-8-17(19)22(27)28/h2-12,25H,14H2,1H3. The Bertz CT molecular complexity index is 1270. The summed E-state index contributed by atoms with van der Waals surface area (Å²) in [5, 5.41) is 13.1. The molecule has 0 saturated heterocycles. The molecule has 0 atom stereocenters. The molecule has 0 aliphatic heterocycles. The predicted octanol–water partition coefficient (Wildman–Crippen LogP) is 3.57. The normalized spacial score (nSPS) is 10.6. The highest BCUT2D eigenvalue weighted by Gasteiger charge is 2.15. The molecule has 0 unspecified atom stereocenters. The monoisotopic (exact) mass is 367 g/mol. The van der Waals surface area contributed by atoms with Gasteiger partial charge in [-0.2, -0.15) is 5.26 Å². The number of rotatable bonds is 4. The van der Waals surface area contributed by atoms with E-state index in [4.69, 9.17) is 4.98 Å². The molecule has 28 heavy (non-hydrogen) atoms. The zero-order chi connectivity index (χ0) is 19.5. The van der Waals surface area contributed by atoms with Crippen LogP contribution in [-0.2, 0) is 6.54 Å². The summed E-state index contributed by atoms with van der Waals surface area (Å²) in [7, 11) is 0. The molecular weight excluding hydrogens is 350 g/mol. The minimum absolute atomic E-state index is 0.146. The highest BCUT2D eigenvalue weighted by Crippen LogP contribution is 2.18. The van der Waals surface area contributed by atoms with Crippen molar-refractivity contribution in [3.63, 3.8) is 0 Å². The first-order valence-electron chi connectivity index (χ1n) is 8.84. The van der Waals surface area contributed by atoms with Crippen LogP contribution in [-0.4, -0.2) is 14.5 Å². The van der Waals surface area contributed by atoms with Gasteiger partial charge in [0.05, 0.1) is 40.1 Å². The maximum atomic E-state index is 13.3. The minimum atomic E-state index is -0.146. The molecule has 0 bridgehead atoms. The Morgan fingerprint density at radius 2 is 1.86 bits per heavy atom. The van der Waals surface area contributed by atoms with Crippen LogP contribution < -0.4 is 10.9 Å². The van der Waals surface area contributed by atoms with Crippen LogP contribution in [0.5, 0.6) is 0 Å². The molecule has 0 aliphatic carbocycles. The first-order valence-corrected chi connectivity index (χ1v) is 8.84. The van der Waals surface area contributed by atoms with Crippen molar-refractivity contribution in [2.45, 2.75) is 13.5 Å². The first kappa shape index (κ1) is 17.4. The average Bonchev–Trinajstić information content (AvgIpc) is 2.73. The Morgan fingerprint density at radius 3 is 2.68 bits per heavy atom. The van der Waals surface area contributed by atoms with E-state index in [0.29, 0.717) is 33.7 Å². The van der Waals surface area contributed by atoms with Crippen molar-refractivity contribution >= 4 is 16.6 Å². The summed E-state index contributed by atoms with van der Waals surface area (Å²) in [5.74, 6) is 0.549. The molecule has 6 nitrogen and oxygen atoms in total. The molecule has 0 aliphatic rings.